The number of pyridine rings is 1. The van der Waals surface area contributed by atoms with Gasteiger partial charge in [0.2, 0.25) is 0 Å². The van der Waals surface area contributed by atoms with E-state index in [2.05, 4.69) is 30.9 Å². The van der Waals surface area contributed by atoms with Gasteiger partial charge in [-0.25, -0.2) is 4.98 Å². The largest absolute Gasteiger partial charge is 0.288 e. The van der Waals surface area contributed by atoms with E-state index in [9.17, 15) is 4.79 Å². The minimum absolute atomic E-state index is 0.164. The lowest BCUT2D eigenvalue weighted by molar-refractivity contribution is 0.102. The molecule has 8 heteroatoms. The Morgan fingerprint density at radius 1 is 1.36 bits per heavy atom. The van der Waals surface area contributed by atoms with Gasteiger partial charge in [-0.2, -0.15) is 5.21 Å². The highest BCUT2D eigenvalue weighted by Crippen LogP contribution is 2.30. The number of anilines is 1. The summed E-state index contributed by atoms with van der Waals surface area (Å²) >= 11 is 1.66. The Hall–Kier alpha value is -1.96. The van der Waals surface area contributed by atoms with Crippen LogP contribution in [0.5, 0.6) is 0 Å². The van der Waals surface area contributed by atoms with Crippen molar-refractivity contribution in [1.29, 1.82) is 0 Å². The number of thioether (sulfide) groups is 1. The third-order valence-corrected chi connectivity index (χ3v) is 5.00. The van der Waals surface area contributed by atoms with Crippen molar-refractivity contribution in [2.45, 2.75) is 37.1 Å². The molecule has 1 saturated carbocycles. The maximum atomic E-state index is 12.3. The predicted octanol–water partition coefficient (Wildman–Crippen LogP) is 2.52. The molecule has 0 saturated heterocycles. The Balaban J connectivity index is 1.65. The topological polar surface area (TPSA) is 96.5 Å². The molecule has 2 N–H and O–H groups in total. The Labute approximate surface area is 132 Å². The van der Waals surface area contributed by atoms with E-state index in [1.54, 1.807) is 30.1 Å². The Morgan fingerprint density at radius 2 is 2.23 bits per heavy atom. The number of carbonyl (C=O) groups is 1. The number of hydrogen-bond acceptors (Lipinski definition) is 6. The molecule has 1 aliphatic rings. The summed E-state index contributed by atoms with van der Waals surface area (Å²) in [6.07, 6.45) is 8.27. The molecule has 3 rings (SSSR count). The summed E-state index contributed by atoms with van der Waals surface area (Å²) in [6, 6.07) is 3.53. The molecule has 2 aromatic heterocycles. The van der Waals surface area contributed by atoms with Crippen LogP contribution in [-0.4, -0.2) is 37.3 Å². The number of rotatable bonds is 5. The molecule has 2 aromatic rings. The first-order valence-corrected chi connectivity index (χ1v) is 8.44. The summed E-state index contributed by atoms with van der Waals surface area (Å²) in [4.78, 5) is 16.6. The molecule has 0 aromatic carbocycles. The highest BCUT2D eigenvalue weighted by Gasteiger charge is 2.18. The summed E-state index contributed by atoms with van der Waals surface area (Å²) in [5.74, 6) is 1.64. The van der Waals surface area contributed by atoms with Gasteiger partial charge < -0.3 is 0 Å². The molecule has 0 unspecified atom stereocenters. The van der Waals surface area contributed by atoms with E-state index in [1.165, 1.54) is 32.1 Å². The standard InChI is InChI=1S/C14H18N6OS/c21-12(16-14-17-19-20-18-14)11-7-4-8-15-13(11)22-9-10-5-2-1-3-6-10/h4,7-8,10H,1-3,5-6,9H2,(H2,16,17,18,19,20,21). The van der Waals surface area contributed by atoms with Gasteiger partial charge in [0.05, 0.1) is 5.56 Å². The van der Waals surface area contributed by atoms with Crippen LogP contribution in [0.4, 0.5) is 5.95 Å². The molecule has 1 aliphatic carbocycles. The van der Waals surface area contributed by atoms with Gasteiger partial charge in [-0.15, -0.1) is 16.9 Å². The highest BCUT2D eigenvalue weighted by atomic mass is 32.2. The zero-order valence-corrected chi connectivity index (χ0v) is 13.0. The zero-order chi connectivity index (χ0) is 15.2. The normalized spacial score (nSPS) is 15.6. The van der Waals surface area contributed by atoms with Crippen molar-refractivity contribution in [1.82, 2.24) is 25.6 Å². The van der Waals surface area contributed by atoms with E-state index in [0.717, 1.165) is 16.7 Å². The third-order valence-electron chi connectivity index (χ3n) is 3.77. The van der Waals surface area contributed by atoms with Crippen molar-refractivity contribution in [3.63, 3.8) is 0 Å². The first-order chi connectivity index (χ1) is 10.8. The van der Waals surface area contributed by atoms with E-state index >= 15 is 0 Å². The van der Waals surface area contributed by atoms with Crippen LogP contribution in [0.2, 0.25) is 0 Å². The zero-order valence-electron chi connectivity index (χ0n) is 12.2. The molecule has 0 radical (unpaired) electrons. The summed E-state index contributed by atoms with van der Waals surface area (Å²) in [5, 5.41) is 16.5. The monoisotopic (exact) mass is 318 g/mol. The molecule has 0 atom stereocenters. The van der Waals surface area contributed by atoms with Crippen LogP contribution in [0.1, 0.15) is 42.5 Å². The fourth-order valence-electron chi connectivity index (χ4n) is 2.61. The smallest absolute Gasteiger partial charge is 0.270 e. The quantitative estimate of drug-likeness (QED) is 0.822. The second-order valence-corrected chi connectivity index (χ2v) is 6.37. The first-order valence-electron chi connectivity index (χ1n) is 7.45. The number of nitrogens with one attached hydrogen (secondary N) is 2. The minimum atomic E-state index is -0.263. The lowest BCUT2D eigenvalue weighted by Crippen LogP contribution is -2.15. The number of aromatic amines is 1. The minimum Gasteiger partial charge on any atom is -0.288 e. The van der Waals surface area contributed by atoms with Crippen molar-refractivity contribution in [3.8, 4) is 0 Å². The van der Waals surface area contributed by atoms with E-state index in [1.807, 2.05) is 0 Å². The van der Waals surface area contributed by atoms with Crippen molar-refractivity contribution in [2.75, 3.05) is 11.1 Å². The van der Waals surface area contributed by atoms with Crippen LogP contribution >= 0.6 is 11.8 Å². The number of nitrogens with zero attached hydrogens (tertiary/aromatic N) is 4. The van der Waals surface area contributed by atoms with Crippen LogP contribution in [0.15, 0.2) is 23.4 Å². The molecule has 2 heterocycles. The highest BCUT2D eigenvalue weighted by molar-refractivity contribution is 7.99. The number of aromatic nitrogens is 5. The van der Waals surface area contributed by atoms with Gasteiger partial charge in [-0.3, -0.25) is 10.1 Å². The van der Waals surface area contributed by atoms with Gasteiger partial charge in [0.1, 0.15) is 5.03 Å². The van der Waals surface area contributed by atoms with Gasteiger partial charge in [-0.1, -0.05) is 24.4 Å². The van der Waals surface area contributed by atoms with E-state index < -0.39 is 0 Å². The van der Waals surface area contributed by atoms with Crippen molar-refractivity contribution in [2.24, 2.45) is 5.92 Å². The Bertz CT molecular complexity index is 612. The SMILES string of the molecule is O=C(Nc1nn[nH]n1)c1cccnc1SCC1CCCCC1. The second kappa shape index (κ2) is 7.35. The van der Waals surface area contributed by atoms with E-state index in [-0.39, 0.29) is 11.9 Å². The molecule has 22 heavy (non-hydrogen) atoms. The van der Waals surface area contributed by atoms with Crippen molar-refractivity contribution >= 4 is 23.6 Å². The van der Waals surface area contributed by atoms with E-state index in [0.29, 0.717) is 5.56 Å². The summed E-state index contributed by atoms with van der Waals surface area (Å²) in [5.41, 5.74) is 0.549. The number of tetrazole rings is 1. The number of carbonyl (C=O) groups excluding carboxylic acids is 1. The third kappa shape index (κ3) is 3.82. The Kier molecular flexibility index (Phi) is 4.99. The predicted molar refractivity (Wildman–Crippen MR) is 83.7 cm³/mol. The van der Waals surface area contributed by atoms with Gasteiger partial charge >= 0.3 is 0 Å². The summed E-state index contributed by atoms with van der Waals surface area (Å²) in [6.45, 7) is 0. The second-order valence-electron chi connectivity index (χ2n) is 5.36. The van der Waals surface area contributed by atoms with Gasteiger partial charge in [0, 0.05) is 11.9 Å². The maximum absolute atomic E-state index is 12.3. The number of amides is 1. The lowest BCUT2D eigenvalue weighted by Gasteiger charge is -2.21. The molecule has 0 spiro atoms. The van der Waals surface area contributed by atoms with Gasteiger partial charge in [-0.05, 0) is 36.1 Å². The molecule has 0 aliphatic heterocycles. The number of H-pyrrole nitrogens is 1. The van der Waals surface area contributed by atoms with Crippen molar-refractivity contribution in [3.05, 3.63) is 23.9 Å². The number of hydrogen-bond donors (Lipinski definition) is 2. The molecule has 0 bridgehead atoms. The first kappa shape index (κ1) is 15.0. The molecule has 7 nitrogen and oxygen atoms in total. The van der Waals surface area contributed by atoms with Crippen LogP contribution in [-0.2, 0) is 0 Å². The van der Waals surface area contributed by atoms with Crippen molar-refractivity contribution < 1.29 is 4.79 Å². The average Bonchev–Trinajstić information content (AvgIpc) is 3.07. The molecular weight excluding hydrogens is 300 g/mol. The molecule has 1 fully saturated rings. The van der Waals surface area contributed by atoms with Gasteiger partial charge in [0.25, 0.3) is 11.9 Å². The Morgan fingerprint density at radius 3 is 3.00 bits per heavy atom. The van der Waals surface area contributed by atoms with Crippen LogP contribution < -0.4 is 5.32 Å². The van der Waals surface area contributed by atoms with Crippen LogP contribution in [0, 0.1) is 5.92 Å². The summed E-state index contributed by atoms with van der Waals surface area (Å²) in [7, 11) is 0. The molecule has 1 amide bonds. The van der Waals surface area contributed by atoms with Crippen LogP contribution in [0.3, 0.4) is 0 Å². The van der Waals surface area contributed by atoms with Gasteiger partial charge in [0.15, 0.2) is 0 Å². The lowest BCUT2D eigenvalue weighted by atomic mass is 9.91. The summed E-state index contributed by atoms with van der Waals surface area (Å²) < 4.78 is 0. The maximum Gasteiger partial charge on any atom is 0.270 e. The van der Waals surface area contributed by atoms with Crippen LogP contribution in [0.25, 0.3) is 0 Å². The molecular formula is C14H18N6OS. The molecule has 116 valence electrons. The fourth-order valence-corrected chi connectivity index (χ4v) is 3.79. The fraction of sp³-hybridized carbons (Fsp3) is 0.500. The average molecular weight is 318 g/mol. The van der Waals surface area contributed by atoms with E-state index in [4.69, 9.17) is 0 Å².